The number of piperidine rings is 1. The van der Waals surface area contributed by atoms with E-state index in [1.807, 2.05) is 31.2 Å². The zero-order valence-corrected chi connectivity index (χ0v) is 18.0. The molecule has 1 atom stereocenters. The van der Waals surface area contributed by atoms with Gasteiger partial charge in [0.1, 0.15) is 0 Å². The lowest BCUT2D eigenvalue weighted by atomic mass is 9.98. The molecule has 0 aliphatic carbocycles. The van der Waals surface area contributed by atoms with Crippen molar-refractivity contribution in [3.63, 3.8) is 0 Å². The maximum absolute atomic E-state index is 12.9. The zero-order chi connectivity index (χ0) is 21.2. The molecule has 10 heteroatoms. The van der Waals surface area contributed by atoms with Crippen LogP contribution in [0.2, 0.25) is 0 Å². The molecule has 29 heavy (non-hydrogen) atoms. The third kappa shape index (κ3) is 4.82. The first-order valence-corrected chi connectivity index (χ1v) is 10.9. The number of hydrogen-bond donors (Lipinski definition) is 0. The molecule has 1 amide bonds. The highest BCUT2D eigenvalue weighted by Gasteiger charge is 2.34. The van der Waals surface area contributed by atoms with Gasteiger partial charge in [0.15, 0.2) is 0 Å². The molecule has 1 fully saturated rings. The van der Waals surface area contributed by atoms with Gasteiger partial charge in [-0.05, 0) is 25.8 Å². The maximum Gasteiger partial charge on any atom is 0.281 e. The van der Waals surface area contributed by atoms with Crippen molar-refractivity contribution in [3.05, 3.63) is 35.7 Å². The quantitative estimate of drug-likeness (QED) is 0.701. The Morgan fingerprint density at radius 1 is 1.31 bits per heavy atom. The molecule has 0 unspecified atom stereocenters. The molecule has 0 bridgehead atoms. The van der Waals surface area contributed by atoms with Crippen LogP contribution in [0.4, 0.5) is 0 Å². The number of aromatic nitrogens is 2. The minimum atomic E-state index is -3.53. The molecule has 3 rings (SSSR count). The number of carbonyl (C=O) groups is 1. The largest absolute Gasteiger partial charge is 0.337 e. The van der Waals surface area contributed by atoms with E-state index >= 15 is 0 Å². The Labute approximate surface area is 171 Å². The molecule has 1 aliphatic heterocycles. The fourth-order valence-electron chi connectivity index (χ4n) is 3.40. The Morgan fingerprint density at radius 2 is 2.07 bits per heavy atom. The smallest absolute Gasteiger partial charge is 0.281 e. The summed E-state index contributed by atoms with van der Waals surface area (Å²) in [7, 11) is 1.13. The molecular weight excluding hydrogens is 394 g/mol. The van der Waals surface area contributed by atoms with E-state index in [-0.39, 0.29) is 24.9 Å². The molecule has 9 nitrogen and oxygen atoms in total. The van der Waals surface area contributed by atoms with Crippen LogP contribution in [0.3, 0.4) is 0 Å². The summed E-state index contributed by atoms with van der Waals surface area (Å²) in [5.41, 5.74) is 1.95. The molecule has 2 aromatic rings. The third-order valence-corrected chi connectivity index (χ3v) is 6.92. The van der Waals surface area contributed by atoms with Crippen LogP contribution in [0.25, 0.3) is 11.4 Å². The lowest BCUT2D eigenvalue weighted by molar-refractivity contribution is -0.136. The summed E-state index contributed by atoms with van der Waals surface area (Å²) in [6.07, 6.45) is 1.30. The first-order chi connectivity index (χ1) is 13.7. The molecule has 1 aromatic carbocycles. The van der Waals surface area contributed by atoms with Crippen LogP contribution >= 0.6 is 0 Å². The molecule has 0 spiro atoms. The van der Waals surface area contributed by atoms with Gasteiger partial charge < -0.3 is 9.42 Å². The predicted molar refractivity (Wildman–Crippen MR) is 108 cm³/mol. The van der Waals surface area contributed by atoms with Gasteiger partial charge >= 0.3 is 0 Å². The van der Waals surface area contributed by atoms with E-state index < -0.39 is 10.2 Å². The normalized spacial score (nSPS) is 18.2. The van der Waals surface area contributed by atoms with Crippen molar-refractivity contribution in [2.45, 2.75) is 26.3 Å². The van der Waals surface area contributed by atoms with E-state index in [4.69, 9.17) is 4.52 Å². The van der Waals surface area contributed by atoms with Crippen molar-refractivity contribution in [1.82, 2.24) is 23.7 Å². The van der Waals surface area contributed by atoms with Gasteiger partial charge in [0, 0.05) is 39.8 Å². The minimum absolute atomic E-state index is 0.126. The number of nitrogens with zero attached hydrogens (tertiary/aromatic N) is 5. The van der Waals surface area contributed by atoms with E-state index in [1.54, 1.807) is 7.05 Å². The molecular formula is C19H27N5O4S. The topological polar surface area (TPSA) is 99.8 Å². The summed E-state index contributed by atoms with van der Waals surface area (Å²) in [5, 5.41) is 4.00. The van der Waals surface area contributed by atoms with E-state index in [0.717, 1.165) is 11.1 Å². The van der Waals surface area contributed by atoms with Crippen LogP contribution in [-0.4, -0.2) is 72.2 Å². The average Bonchev–Trinajstić information content (AvgIpc) is 3.16. The highest BCUT2D eigenvalue weighted by atomic mass is 32.2. The fraction of sp³-hybridized carbons (Fsp3) is 0.526. The molecule has 1 aliphatic rings. The second kappa shape index (κ2) is 8.60. The standard InChI is InChI=1S/C19H27N5O4S/c1-14-7-5-8-15(11-14)18-20-17(28-21-18)13-23(4)19(25)16-9-6-10-24(12-16)29(26,27)22(2)3/h5,7-8,11,16H,6,9-10,12-13H2,1-4H3/t16-/m0/s1. The maximum atomic E-state index is 12.9. The van der Waals surface area contributed by atoms with Gasteiger partial charge in [-0.3, -0.25) is 4.79 Å². The third-order valence-electron chi connectivity index (χ3n) is 5.01. The number of aryl methyl sites for hydroxylation is 1. The Kier molecular flexibility index (Phi) is 6.35. The number of hydrogen-bond acceptors (Lipinski definition) is 6. The van der Waals surface area contributed by atoms with Crippen molar-refractivity contribution in [3.8, 4) is 11.4 Å². The molecule has 2 heterocycles. The van der Waals surface area contributed by atoms with Crippen LogP contribution in [0.5, 0.6) is 0 Å². The van der Waals surface area contributed by atoms with Crippen LogP contribution < -0.4 is 0 Å². The molecule has 1 aromatic heterocycles. The molecule has 1 saturated heterocycles. The predicted octanol–water partition coefficient (Wildman–Crippen LogP) is 1.52. The van der Waals surface area contributed by atoms with Crippen molar-refractivity contribution < 1.29 is 17.7 Å². The summed E-state index contributed by atoms with van der Waals surface area (Å²) < 4.78 is 32.6. The summed E-state index contributed by atoms with van der Waals surface area (Å²) >= 11 is 0. The first kappa shape index (κ1) is 21.4. The van der Waals surface area contributed by atoms with Gasteiger partial charge in [-0.2, -0.15) is 22.0 Å². The Morgan fingerprint density at radius 3 is 2.76 bits per heavy atom. The molecule has 158 valence electrons. The van der Waals surface area contributed by atoms with E-state index in [9.17, 15) is 13.2 Å². The Bertz CT molecular complexity index is 972. The molecule has 0 radical (unpaired) electrons. The van der Waals surface area contributed by atoms with Gasteiger partial charge in [0.2, 0.25) is 17.6 Å². The van der Waals surface area contributed by atoms with Crippen molar-refractivity contribution in [1.29, 1.82) is 0 Å². The lowest BCUT2D eigenvalue weighted by Crippen LogP contribution is -2.49. The van der Waals surface area contributed by atoms with Crippen LogP contribution in [0, 0.1) is 12.8 Å². The van der Waals surface area contributed by atoms with Gasteiger partial charge in [-0.25, -0.2) is 0 Å². The van der Waals surface area contributed by atoms with Crippen LogP contribution in [-0.2, 0) is 21.5 Å². The highest BCUT2D eigenvalue weighted by molar-refractivity contribution is 7.86. The average molecular weight is 422 g/mol. The van der Waals surface area contributed by atoms with Gasteiger partial charge in [-0.15, -0.1) is 0 Å². The number of amides is 1. The minimum Gasteiger partial charge on any atom is -0.337 e. The fourth-order valence-corrected chi connectivity index (χ4v) is 4.59. The van der Waals surface area contributed by atoms with Crippen molar-refractivity contribution in [2.24, 2.45) is 5.92 Å². The van der Waals surface area contributed by atoms with Crippen molar-refractivity contribution >= 4 is 16.1 Å². The van der Waals surface area contributed by atoms with Gasteiger partial charge in [-0.1, -0.05) is 28.9 Å². The van der Waals surface area contributed by atoms with E-state index in [2.05, 4.69) is 10.1 Å². The van der Waals surface area contributed by atoms with Gasteiger partial charge in [0.05, 0.1) is 12.5 Å². The van der Waals surface area contributed by atoms with Gasteiger partial charge in [0.25, 0.3) is 10.2 Å². The number of benzene rings is 1. The first-order valence-electron chi connectivity index (χ1n) is 9.50. The van der Waals surface area contributed by atoms with E-state index in [1.165, 1.54) is 27.6 Å². The molecule has 0 N–H and O–H groups in total. The number of rotatable bonds is 6. The summed E-state index contributed by atoms with van der Waals surface area (Å²) in [4.78, 5) is 18.8. The second-order valence-corrected chi connectivity index (χ2v) is 9.71. The van der Waals surface area contributed by atoms with Crippen LogP contribution in [0.1, 0.15) is 24.3 Å². The summed E-state index contributed by atoms with van der Waals surface area (Å²) in [6.45, 7) is 2.77. The molecule has 0 saturated carbocycles. The summed E-state index contributed by atoms with van der Waals surface area (Å²) in [5.74, 6) is 0.304. The highest BCUT2D eigenvalue weighted by Crippen LogP contribution is 2.23. The Balaban J connectivity index is 1.65. The monoisotopic (exact) mass is 421 g/mol. The summed E-state index contributed by atoms with van der Waals surface area (Å²) in [6, 6.07) is 7.78. The lowest BCUT2D eigenvalue weighted by Gasteiger charge is -2.34. The SMILES string of the molecule is Cc1cccc(-c2noc(CN(C)C(=O)[C@H]3CCCN(S(=O)(=O)N(C)C)C3)n2)c1. The Hall–Kier alpha value is -2.30. The zero-order valence-electron chi connectivity index (χ0n) is 17.2. The van der Waals surface area contributed by atoms with Crippen molar-refractivity contribution in [2.75, 3.05) is 34.2 Å². The van der Waals surface area contributed by atoms with E-state index in [0.29, 0.717) is 31.1 Å². The second-order valence-electron chi connectivity index (χ2n) is 7.56. The van der Waals surface area contributed by atoms with Crippen LogP contribution in [0.15, 0.2) is 28.8 Å². The number of carbonyl (C=O) groups excluding carboxylic acids is 1.